The molecule has 4 aliphatic rings. The van der Waals surface area contributed by atoms with Gasteiger partial charge in [0.25, 0.3) is 5.91 Å². The molecule has 2 N–H and O–H groups in total. The lowest BCUT2D eigenvalue weighted by atomic mass is 9.90. The van der Waals surface area contributed by atoms with Crippen LogP contribution in [0.2, 0.25) is 0 Å². The van der Waals surface area contributed by atoms with Gasteiger partial charge >= 0.3 is 0 Å². The number of carbonyl (C=O) groups excluding carboxylic acids is 2. The fourth-order valence-electron chi connectivity index (χ4n) is 5.86. The molecule has 5 rings (SSSR count). The number of ether oxygens (including phenoxy) is 1. The minimum absolute atomic E-state index is 0.0953. The molecule has 0 bridgehead atoms. The molecule has 3 fully saturated rings. The van der Waals surface area contributed by atoms with Crippen LogP contribution in [0.25, 0.3) is 0 Å². The normalized spacial score (nSPS) is 32.0. The highest BCUT2D eigenvalue weighted by Crippen LogP contribution is 2.33. The first-order valence-electron chi connectivity index (χ1n) is 12.5. The van der Waals surface area contributed by atoms with Crippen LogP contribution in [0.1, 0.15) is 72.9 Å². The first kappa shape index (κ1) is 23.4. The number of carbonyl (C=O) groups is 2. The molecule has 1 aromatic carbocycles. The average molecular weight is 474 g/mol. The van der Waals surface area contributed by atoms with Crippen LogP contribution < -0.4 is 10.6 Å². The van der Waals surface area contributed by atoms with Crippen LogP contribution >= 0.6 is 0 Å². The molecule has 3 atom stereocenters. The van der Waals surface area contributed by atoms with Gasteiger partial charge in [-0.2, -0.15) is 0 Å². The summed E-state index contributed by atoms with van der Waals surface area (Å²) in [7, 11) is 0. The Kier molecular flexibility index (Phi) is 6.71. The Bertz CT molecular complexity index is 976. The van der Waals surface area contributed by atoms with Crippen LogP contribution in [0.5, 0.6) is 0 Å². The average Bonchev–Trinajstić information content (AvgIpc) is 3.15. The number of rotatable bonds is 5. The number of halogens is 2. The van der Waals surface area contributed by atoms with Crippen molar-refractivity contribution in [2.75, 3.05) is 6.61 Å². The van der Waals surface area contributed by atoms with Gasteiger partial charge in [0.1, 0.15) is 18.0 Å². The summed E-state index contributed by atoms with van der Waals surface area (Å²) in [6.07, 6.45) is 5.34. The zero-order valence-electron chi connectivity index (χ0n) is 19.5. The lowest BCUT2D eigenvalue weighted by Crippen LogP contribution is -2.50. The predicted octanol–water partition coefficient (Wildman–Crippen LogP) is 3.53. The standard InChI is InChI=1S/C26H33F2N3O3/c1-15-4-11-22(25(32)29-15)31-14-20-19(26(31)33)10-5-16(24(20)28)13-23-21(3-2-12-34-23)30-18-8-6-17(27)7-9-18/h5,10,17-18,21-23,30H,1-4,6-9,11-14H2,(H,29,32)/t17-,18-,21-,22+,23+/m0/s1. The van der Waals surface area contributed by atoms with Crippen molar-refractivity contribution in [2.45, 2.75) is 94.7 Å². The van der Waals surface area contributed by atoms with Gasteiger partial charge in [0.05, 0.1) is 12.6 Å². The number of alkyl halides is 1. The molecule has 0 aromatic heterocycles. The lowest BCUT2D eigenvalue weighted by Gasteiger charge is -2.37. The number of fused-ring (bicyclic) bond motifs is 1. The van der Waals surface area contributed by atoms with Gasteiger partial charge < -0.3 is 20.3 Å². The van der Waals surface area contributed by atoms with E-state index in [0.29, 0.717) is 61.1 Å². The second-order valence-corrected chi connectivity index (χ2v) is 10.1. The number of benzene rings is 1. The van der Waals surface area contributed by atoms with Crippen LogP contribution in [-0.2, 0) is 22.5 Å². The van der Waals surface area contributed by atoms with E-state index in [4.69, 9.17) is 4.74 Å². The minimum atomic E-state index is -0.697. The van der Waals surface area contributed by atoms with Crippen molar-refractivity contribution < 1.29 is 23.1 Å². The highest BCUT2D eigenvalue weighted by Gasteiger charge is 2.40. The molecular weight excluding hydrogens is 440 g/mol. The van der Waals surface area contributed by atoms with Gasteiger partial charge in [0, 0.05) is 41.9 Å². The molecule has 0 radical (unpaired) electrons. The van der Waals surface area contributed by atoms with Gasteiger partial charge in [0.2, 0.25) is 5.91 Å². The number of hydrogen-bond acceptors (Lipinski definition) is 4. The molecule has 1 aromatic rings. The van der Waals surface area contributed by atoms with E-state index >= 15 is 4.39 Å². The minimum Gasteiger partial charge on any atom is -0.376 e. The molecule has 0 spiro atoms. The van der Waals surface area contributed by atoms with Gasteiger partial charge in [-0.25, -0.2) is 8.78 Å². The van der Waals surface area contributed by atoms with Crippen molar-refractivity contribution >= 4 is 11.8 Å². The topological polar surface area (TPSA) is 70.7 Å². The number of hydrogen-bond donors (Lipinski definition) is 2. The number of allylic oxidation sites excluding steroid dienone is 1. The molecule has 34 heavy (non-hydrogen) atoms. The Morgan fingerprint density at radius 2 is 1.94 bits per heavy atom. The third-order valence-corrected chi connectivity index (χ3v) is 7.81. The maximum Gasteiger partial charge on any atom is 0.255 e. The van der Waals surface area contributed by atoms with Crippen molar-refractivity contribution in [3.8, 4) is 0 Å². The van der Waals surface area contributed by atoms with Crippen LogP contribution in [0.15, 0.2) is 24.4 Å². The Hall–Kier alpha value is -2.32. The highest BCUT2D eigenvalue weighted by molar-refractivity contribution is 6.01. The van der Waals surface area contributed by atoms with E-state index < -0.39 is 12.2 Å². The van der Waals surface area contributed by atoms with Gasteiger partial charge in [-0.15, -0.1) is 0 Å². The second kappa shape index (κ2) is 9.74. The molecule has 2 amide bonds. The maximum atomic E-state index is 15.6. The summed E-state index contributed by atoms with van der Waals surface area (Å²) < 4.78 is 35.2. The molecular formula is C26H33F2N3O3. The molecule has 3 aliphatic heterocycles. The summed E-state index contributed by atoms with van der Waals surface area (Å²) >= 11 is 0. The SMILES string of the molecule is C=C1CC[C@@H](N2Cc3c(ccc(C[C@H]4OCCC[C@@H]4N[C@H]4CC[C@H](F)CC4)c3F)C2=O)C(=O)N1. The molecule has 184 valence electrons. The Labute approximate surface area is 199 Å². The summed E-state index contributed by atoms with van der Waals surface area (Å²) in [6.45, 7) is 4.52. The Morgan fingerprint density at radius 3 is 2.71 bits per heavy atom. The second-order valence-electron chi connectivity index (χ2n) is 10.1. The van der Waals surface area contributed by atoms with Crippen molar-refractivity contribution in [3.63, 3.8) is 0 Å². The molecule has 1 saturated carbocycles. The summed E-state index contributed by atoms with van der Waals surface area (Å²) in [5.41, 5.74) is 1.87. The molecule has 0 unspecified atom stereocenters. The number of amides is 2. The molecule has 8 heteroatoms. The van der Waals surface area contributed by atoms with E-state index in [1.165, 1.54) is 4.90 Å². The molecule has 6 nitrogen and oxygen atoms in total. The van der Waals surface area contributed by atoms with Crippen LogP contribution in [0, 0.1) is 5.82 Å². The van der Waals surface area contributed by atoms with E-state index in [2.05, 4.69) is 17.2 Å². The molecule has 2 saturated heterocycles. The van der Waals surface area contributed by atoms with E-state index in [0.717, 1.165) is 25.7 Å². The zero-order valence-corrected chi connectivity index (χ0v) is 19.5. The first-order chi connectivity index (χ1) is 16.4. The third kappa shape index (κ3) is 4.62. The fourth-order valence-corrected chi connectivity index (χ4v) is 5.86. The van der Waals surface area contributed by atoms with Crippen LogP contribution in [0.3, 0.4) is 0 Å². The summed E-state index contributed by atoms with van der Waals surface area (Å²) in [4.78, 5) is 26.9. The van der Waals surface area contributed by atoms with Crippen molar-refractivity contribution in [1.82, 2.24) is 15.5 Å². The van der Waals surface area contributed by atoms with E-state index in [9.17, 15) is 14.0 Å². The number of piperidine rings is 1. The lowest BCUT2D eigenvalue weighted by molar-refractivity contribution is -0.126. The Balaban J connectivity index is 1.29. The van der Waals surface area contributed by atoms with Crippen LogP contribution in [-0.4, -0.2) is 53.7 Å². The van der Waals surface area contributed by atoms with E-state index in [1.807, 2.05) is 0 Å². The summed E-state index contributed by atoms with van der Waals surface area (Å²) in [5, 5.41) is 6.37. The van der Waals surface area contributed by atoms with Gasteiger partial charge in [-0.3, -0.25) is 9.59 Å². The largest absolute Gasteiger partial charge is 0.376 e. The summed E-state index contributed by atoms with van der Waals surface area (Å²) in [5.74, 6) is -0.936. The molecule has 1 aliphatic carbocycles. The fraction of sp³-hybridized carbons (Fsp3) is 0.615. The summed E-state index contributed by atoms with van der Waals surface area (Å²) in [6, 6.07) is 3.13. The number of nitrogens with zero attached hydrogens (tertiary/aromatic N) is 1. The van der Waals surface area contributed by atoms with E-state index in [1.54, 1.807) is 12.1 Å². The van der Waals surface area contributed by atoms with Gasteiger partial charge in [-0.05, 0) is 63.0 Å². The Morgan fingerprint density at radius 1 is 1.15 bits per heavy atom. The zero-order chi connectivity index (χ0) is 23.8. The van der Waals surface area contributed by atoms with Crippen molar-refractivity contribution in [3.05, 3.63) is 46.9 Å². The monoisotopic (exact) mass is 473 g/mol. The maximum absolute atomic E-state index is 15.6. The number of nitrogens with one attached hydrogen (secondary N) is 2. The quantitative estimate of drug-likeness (QED) is 0.687. The molecule has 3 heterocycles. The van der Waals surface area contributed by atoms with Gasteiger partial charge in [0.15, 0.2) is 0 Å². The smallest absolute Gasteiger partial charge is 0.255 e. The van der Waals surface area contributed by atoms with Crippen LogP contribution in [0.4, 0.5) is 8.78 Å². The predicted molar refractivity (Wildman–Crippen MR) is 123 cm³/mol. The van der Waals surface area contributed by atoms with Crippen molar-refractivity contribution in [2.24, 2.45) is 0 Å². The first-order valence-corrected chi connectivity index (χ1v) is 12.5. The van der Waals surface area contributed by atoms with E-state index in [-0.39, 0.29) is 42.4 Å². The third-order valence-electron chi connectivity index (χ3n) is 7.81. The van der Waals surface area contributed by atoms with Gasteiger partial charge in [-0.1, -0.05) is 12.6 Å². The highest BCUT2D eigenvalue weighted by atomic mass is 19.1. The van der Waals surface area contributed by atoms with Crippen molar-refractivity contribution in [1.29, 1.82) is 0 Å².